The van der Waals surface area contributed by atoms with E-state index in [1.165, 1.54) is 43.6 Å². The predicted molar refractivity (Wildman–Crippen MR) is 96.5 cm³/mol. The van der Waals surface area contributed by atoms with Crippen molar-refractivity contribution in [1.82, 2.24) is 14.7 Å². The van der Waals surface area contributed by atoms with Crippen molar-refractivity contribution in [3.8, 4) is 22.8 Å². The van der Waals surface area contributed by atoms with E-state index in [0.29, 0.717) is 17.1 Å². The number of nitrogens with one attached hydrogen (secondary N) is 2. The van der Waals surface area contributed by atoms with Crippen LogP contribution in [0.15, 0.2) is 53.6 Å². The topological polar surface area (TPSA) is 84.1 Å². The lowest BCUT2D eigenvalue weighted by Crippen LogP contribution is -2.18. The number of hydrogen-bond acceptors (Lipinski definition) is 4. The van der Waals surface area contributed by atoms with Gasteiger partial charge in [0, 0.05) is 5.56 Å². The SMILES string of the molecule is CNS(=O)(=O)c1ccc(Oc2cccc(C(F)(F)F)c2)c(-c2cnc(C)[nH]2)c1. The van der Waals surface area contributed by atoms with Gasteiger partial charge in [0.2, 0.25) is 10.0 Å². The number of aromatic nitrogens is 2. The molecule has 3 aromatic rings. The second kappa shape index (κ2) is 7.28. The van der Waals surface area contributed by atoms with Gasteiger partial charge < -0.3 is 9.72 Å². The van der Waals surface area contributed by atoms with Crippen LogP contribution in [0.1, 0.15) is 11.4 Å². The molecule has 0 unspecified atom stereocenters. The molecule has 2 N–H and O–H groups in total. The van der Waals surface area contributed by atoms with Crippen molar-refractivity contribution in [3.63, 3.8) is 0 Å². The largest absolute Gasteiger partial charge is 0.457 e. The van der Waals surface area contributed by atoms with Crippen molar-refractivity contribution in [2.45, 2.75) is 18.0 Å². The van der Waals surface area contributed by atoms with Gasteiger partial charge in [-0.3, -0.25) is 0 Å². The van der Waals surface area contributed by atoms with E-state index in [-0.39, 0.29) is 16.4 Å². The van der Waals surface area contributed by atoms with Gasteiger partial charge in [0.15, 0.2) is 0 Å². The highest BCUT2D eigenvalue weighted by Crippen LogP contribution is 2.37. The third kappa shape index (κ3) is 4.18. The molecule has 0 amide bonds. The van der Waals surface area contributed by atoms with E-state index in [4.69, 9.17) is 4.74 Å². The molecule has 148 valence electrons. The van der Waals surface area contributed by atoms with Crippen molar-refractivity contribution in [1.29, 1.82) is 0 Å². The summed E-state index contributed by atoms with van der Waals surface area (Å²) >= 11 is 0. The van der Waals surface area contributed by atoms with Gasteiger partial charge in [-0.05, 0) is 50.4 Å². The van der Waals surface area contributed by atoms with E-state index in [1.54, 1.807) is 6.92 Å². The number of sulfonamides is 1. The lowest BCUT2D eigenvalue weighted by molar-refractivity contribution is -0.137. The zero-order chi connectivity index (χ0) is 20.5. The Hall–Kier alpha value is -2.85. The molecule has 3 rings (SSSR count). The van der Waals surface area contributed by atoms with E-state index in [1.807, 2.05) is 0 Å². The van der Waals surface area contributed by atoms with Crippen LogP contribution < -0.4 is 9.46 Å². The number of halogens is 3. The fourth-order valence-electron chi connectivity index (χ4n) is 2.51. The van der Waals surface area contributed by atoms with Crippen molar-refractivity contribution < 1.29 is 26.3 Å². The maximum Gasteiger partial charge on any atom is 0.416 e. The zero-order valence-corrected chi connectivity index (χ0v) is 15.6. The molecule has 28 heavy (non-hydrogen) atoms. The Kier molecular flexibility index (Phi) is 5.18. The van der Waals surface area contributed by atoms with Crippen LogP contribution in [0, 0.1) is 6.92 Å². The Labute approximate surface area is 159 Å². The van der Waals surface area contributed by atoms with Crippen LogP contribution in [0.5, 0.6) is 11.5 Å². The van der Waals surface area contributed by atoms with Crippen molar-refractivity contribution in [2.24, 2.45) is 0 Å². The molecule has 1 heterocycles. The molecule has 1 aromatic heterocycles. The van der Waals surface area contributed by atoms with Gasteiger partial charge in [0.25, 0.3) is 0 Å². The molecular formula is C18H16F3N3O3S. The van der Waals surface area contributed by atoms with Crippen LogP contribution in [-0.2, 0) is 16.2 Å². The molecule has 6 nitrogen and oxygen atoms in total. The quantitative estimate of drug-likeness (QED) is 0.662. The van der Waals surface area contributed by atoms with Crippen molar-refractivity contribution in [3.05, 3.63) is 60.0 Å². The lowest BCUT2D eigenvalue weighted by atomic mass is 10.1. The Bertz CT molecular complexity index is 1110. The van der Waals surface area contributed by atoms with Gasteiger partial charge in [-0.1, -0.05) is 6.07 Å². The van der Waals surface area contributed by atoms with Crippen LogP contribution in [0.25, 0.3) is 11.3 Å². The number of aryl methyl sites for hydroxylation is 1. The van der Waals surface area contributed by atoms with Gasteiger partial charge in [-0.15, -0.1) is 0 Å². The summed E-state index contributed by atoms with van der Waals surface area (Å²) in [5, 5.41) is 0. The molecule has 0 saturated carbocycles. The molecule has 10 heteroatoms. The lowest BCUT2D eigenvalue weighted by Gasteiger charge is -2.14. The smallest absolute Gasteiger partial charge is 0.416 e. The highest BCUT2D eigenvalue weighted by molar-refractivity contribution is 7.89. The first-order valence-electron chi connectivity index (χ1n) is 8.05. The van der Waals surface area contributed by atoms with Crippen LogP contribution in [0.4, 0.5) is 13.2 Å². The Morgan fingerprint density at radius 2 is 1.89 bits per heavy atom. The second-order valence-electron chi connectivity index (χ2n) is 5.88. The van der Waals surface area contributed by atoms with Gasteiger partial charge in [-0.25, -0.2) is 18.1 Å². The Balaban J connectivity index is 2.08. The van der Waals surface area contributed by atoms with E-state index < -0.39 is 21.8 Å². The zero-order valence-electron chi connectivity index (χ0n) is 14.8. The first-order chi connectivity index (χ1) is 13.1. The molecule has 0 aliphatic carbocycles. The van der Waals surface area contributed by atoms with E-state index in [2.05, 4.69) is 14.7 Å². The molecule has 0 radical (unpaired) electrons. The summed E-state index contributed by atoms with van der Waals surface area (Å²) in [7, 11) is -2.45. The monoisotopic (exact) mass is 411 g/mol. The molecular weight excluding hydrogens is 395 g/mol. The molecule has 0 spiro atoms. The van der Waals surface area contributed by atoms with Gasteiger partial charge in [0.05, 0.1) is 22.3 Å². The number of imidazole rings is 1. The highest BCUT2D eigenvalue weighted by atomic mass is 32.2. The summed E-state index contributed by atoms with van der Waals surface area (Å²) in [4.78, 5) is 7.02. The maximum atomic E-state index is 12.9. The van der Waals surface area contributed by atoms with Gasteiger partial charge >= 0.3 is 6.18 Å². The van der Waals surface area contributed by atoms with Crippen LogP contribution in [-0.4, -0.2) is 25.4 Å². The average molecular weight is 411 g/mol. The predicted octanol–water partition coefficient (Wildman–Crippen LogP) is 4.10. The number of alkyl halides is 3. The highest BCUT2D eigenvalue weighted by Gasteiger charge is 2.30. The molecule has 0 fully saturated rings. The van der Waals surface area contributed by atoms with Gasteiger partial charge in [-0.2, -0.15) is 13.2 Å². The summed E-state index contributed by atoms with van der Waals surface area (Å²) in [6.07, 6.45) is -3.02. The normalized spacial score (nSPS) is 12.2. The number of ether oxygens (including phenoxy) is 1. The average Bonchev–Trinajstić information content (AvgIpc) is 3.07. The van der Waals surface area contributed by atoms with E-state index >= 15 is 0 Å². The number of rotatable bonds is 5. The first-order valence-corrected chi connectivity index (χ1v) is 9.53. The number of H-pyrrole nitrogens is 1. The minimum Gasteiger partial charge on any atom is -0.457 e. The summed E-state index contributed by atoms with van der Waals surface area (Å²) in [5.41, 5.74) is -0.0414. The van der Waals surface area contributed by atoms with E-state index in [9.17, 15) is 21.6 Å². The number of benzene rings is 2. The fraction of sp³-hybridized carbons (Fsp3) is 0.167. The number of aromatic amines is 1. The third-order valence-corrected chi connectivity index (χ3v) is 5.32. The molecule has 0 bridgehead atoms. The summed E-state index contributed by atoms with van der Waals surface area (Å²) in [6, 6.07) is 8.49. The Morgan fingerprint density at radius 3 is 2.50 bits per heavy atom. The first kappa shape index (κ1) is 19.9. The maximum absolute atomic E-state index is 12.9. The molecule has 0 aliphatic heterocycles. The molecule has 0 aliphatic rings. The molecule has 0 saturated heterocycles. The minimum absolute atomic E-state index is 0.0198. The minimum atomic E-state index is -4.51. The summed E-state index contributed by atoms with van der Waals surface area (Å²) < 4.78 is 70.9. The summed E-state index contributed by atoms with van der Waals surface area (Å²) in [5.74, 6) is 0.733. The van der Waals surface area contributed by atoms with Crippen molar-refractivity contribution in [2.75, 3.05) is 7.05 Å². The van der Waals surface area contributed by atoms with Crippen molar-refractivity contribution >= 4 is 10.0 Å². The second-order valence-corrected chi connectivity index (χ2v) is 7.76. The Morgan fingerprint density at radius 1 is 1.14 bits per heavy atom. The van der Waals surface area contributed by atoms with Gasteiger partial charge in [0.1, 0.15) is 17.3 Å². The van der Waals surface area contributed by atoms with E-state index in [0.717, 1.165) is 12.1 Å². The third-order valence-electron chi connectivity index (χ3n) is 3.91. The van der Waals surface area contributed by atoms with Crippen LogP contribution >= 0.6 is 0 Å². The summed E-state index contributed by atoms with van der Waals surface area (Å²) in [6.45, 7) is 1.71. The fourth-order valence-corrected chi connectivity index (χ4v) is 3.27. The molecule has 2 aromatic carbocycles. The molecule has 0 atom stereocenters. The van der Waals surface area contributed by atoms with Crippen LogP contribution in [0.3, 0.4) is 0 Å². The van der Waals surface area contributed by atoms with Crippen LogP contribution in [0.2, 0.25) is 0 Å². The number of hydrogen-bond donors (Lipinski definition) is 2. The number of nitrogens with zero attached hydrogens (tertiary/aromatic N) is 1. The standard InChI is InChI=1S/C18H16F3N3O3S/c1-11-23-10-16(24-11)15-9-14(28(25,26)22-2)6-7-17(15)27-13-5-3-4-12(8-13)18(19,20)21/h3-10,22H,1-2H3,(H,23,24).